The lowest BCUT2D eigenvalue weighted by molar-refractivity contribution is -0.120. The van der Waals surface area contributed by atoms with Crippen LogP contribution in [0.25, 0.3) is 0 Å². The van der Waals surface area contributed by atoms with Gasteiger partial charge in [-0.05, 0) is 42.0 Å². The van der Waals surface area contributed by atoms with Gasteiger partial charge in [-0.2, -0.15) is 5.10 Å². The molecule has 0 fully saturated rings. The minimum Gasteiger partial charge on any atom is -0.508 e. The van der Waals surface area contributed by atoms with Gasteiger partial charge in [0.05, 0.1) is 6.21 Å². The van der Waals surface area contributed by atoms with Crippen molar-refractivity contribution in [3.05, 3.63) is 65.7 Å². The molecule has 0 aliphatic rings. The third-order valence-corrected chi connectivity index (χ3v) is 2.97. The van der Waals surface area contributed by atoms with Gasteiger partial charge in [0.1, 0.15) is 5.75 Å². The quantitative estimate of drug-likeness (QED) is 0.560. The molecule has 0 bridgehead atoms. The summed E-state index contributed by atoms with van der Waals surface area (Å²) in [6.07, 6.45) is 1.60. The third-order valence-electron chi connectivity index (χ3n) is 2.97. The fourth-order valence-electron chi connectivity index (χ4n) is 1.78. The molecule has 0 saturated carbocycles. The maximum Gasteiger partial charge on any atom is 0.251 e. The molecule has 118 valence electrons. The minimum absolute atomic E-state index is 0.130. The molecular weight excluding hydrogens is 294 g/mol. The third kappa shape index (κ3) is 5.62. The second-order valence-electron chi connectivity index (χ2n) is 4.76. The van der Waals surface area contributed by atoms with E-state index in [1.807, 2.05) is 6.07 Å². The highest BCUT2D eigenvalue weighted by molar-refractivity contribution is 5.94. The summed E-state index contributed by atoms with van der Waals surface area (Å²) >= 11 is 0. The number of phenolic OH excluding ortho intramolecular Hbond substituents is 1. The molecular formula is C17H17N3O3. The first kappa shape index (κ1) is 16.2. The molecule has 0 aromatic heterocycles. The van der Waals surface area contributed by atoms with Gasteiger partial charge in [0.2, 0.25) is 5.91 Å². The van der Waals surface area contributed by atoms with Crippen molar-refractivity contribution in [2.75, 3.05) is 6.54 Å². The monoisotopic (exact) mass is 311 g/mol. The zero-order valence-electron chi connectivity index (χ0n) is 12.4. The van der Waals surface area contributed by atoms with E-state index in [1.54, 1.807) is 36.4 Å². The smallest absolute Gasteiger partial charge is 0.251 e. The Morgan fingerprint density at radius 1 is 1.04 bits per heavy atom. The minimum atomic E-state index is -0.298. The normalized spacial score (nSPS) is 10.4. The van der Waals surface area contributed by atoms with Gasteiger partial charge in [0, 0.05) is 18.5 Å². The predicted octanol–water partition coefficient (Wildman–Crippen LogP) is 1.66. The molecule has 0 aliphatic carbocycles. The fraction of sp³-hybridized carbons (Fsp3) is 0.118. The lowest BCUT2D eigenvalue weighted by atomic mass is 10.2. The number of hydrogen-bond donors (Lipinski definition) is 3. The number of benzene rings is 2. The molecule has 2 aromatic carbocycles. The summed E-state index contributed by atoms with van der Waals surface area (Å²) in [5.74, 6) is -0.347. The first-order chi connectivity index (χ1) is 11.1. The number of carbonyl (C=O) groups excluding carboxylic acids is 2. The van der Waals surface area contributed by atoms with Crippen LogP contribution in [-0.4, -0.2) is 29.7 Å². The van der Waals surface area contributed by atoms with E-state index in [-0.39, 0.29) is 30.5 Å². The van der Waals surface area contributed by atoms with Gasteiger partial charge in [-0.25, -0.2) is 5.43 Å². The topological polar surface area (TPSA) is 90.8 Å². The summed E-state index contributed by atoms with van der Waals surface area (Å²) in [5.41, 5.74) is 3.68. The summed E-state index contributed by atoms with van der Waals surface area (Å²) in [6.45, 7) is 0.230. The number of nitrogens with zero attached hydrogens (tertiary/aromatic N) is 1. The van der Waals surface area contributed by atoms with Crippen molar-refractivity contribution < 1.29 is 14.7 Å². The maximum absolute atomic E-state index is 11.8. The molecule has 0 saturated heterocycles. The van der Waals surface area contributed by atoms with E-state index in [1.165, 1.54) is 18.3 Å². The molecule has 2 amide bonds. The first-order valence-electron chi connectivity index (χ1n) is 7.09. The van der Waals surface area contributed by atoms with Gasteiger partial charge >= 0.3 is 0 Å². The summed E-state index contributed by atoms with van der Waals surface area (Å²) in [7, 11) is 0. The number of hydrogen-bond acceptors (Lipinski definition) is 4. The molecule has 6 nitrogen and oxygen atoms in total. The Labute approximate surface area is 133 Å². The number of rotatable bonds is 6. The number of carbonyl (C=O) groups is 2. The Morgan fingerprint density at radius 2 is 1.74 bits per heavy atom. The van der Waals surface area contributed by atoms with Crippen molar-refractivity contribution >= 4 is 18.0 Å². The van der Waals surface area contributed by atoms with Gasteiger partial charge in [-0.3, -0.25) is 9.59 Å². The van der Waals surface area contributed by atoms with Crippen LogP contribution in [0.1, 0.15) is 22.3 Å². The highest BCUT2D eigenvalue weighted by Gasteiger charge is 2.05. The van der Waals surface area contributed by atoms with E-state index < -0.39 is 0 Å². The van der Waals surface area contributed by atoms with E-state index in [0.717, 1.165) is 5.56 Å². The fourth-order valence-corrected chi connectivity index (χ4v) is 1.78. The second kappa shape index (κ2) is 8.33. The molecule has 3 N–H and O–H groups in total. The molecule has 23 heavy (non-hydrogen) atoms. The lowest BCUT2D eigenvalue weighted by Gasteiger charge is -2.04. The van der Waals surface area contributed by atoms with Gasteiger partial charge < -0.3 is 10.4 Å². The summed E-state index contributed by atoms with van der Waals surface area (Å²) in [5, 5.41) is 15.6. The van der Waals surface area contributed by atoms with Crippen LogP contribution in [-0.2, 0) is 4.79 Å². The van der Waals surface area contributed by atoms with Crippen molar-refractivity contribution in [1.82, 2.24) is 10.7 Å². The van der Waals surface area contributed by atoms with Gasteiger partial charge in [0.15, 0.2) is 0 Å². The van der Waals surface area contributed by atoms with Crippen LogP contribution in [0.4, 0.5) is 0 Å². The van der Waals surface area contributed by atoms with Crippen LogP contribution in [0.3, 0.4) is 0 Å². The average molecular weight is 311 g/mol. The Bertz CT molecular complexity index is 682. The van der Waals surface area contributed by atoms with Crippen LogP contribution in [0.2, 0.25) is 0 Å². The number of hydrazone groups is 1. The van der Waals surface area contributed by atoms with Crippen LogP contribution in [0, 0.1) is 0 Å². The van der Waals surface area contributed by atoms with E-state index in [9.17, 15) is 9.59 Å². The second-order valence-corrected chi connectivity index (χ2v) is 4.76. The van der Waals surface area contributed by atoms with E-state index in [2.05, 4.69) is 15.8 Å². The number of aromatic hydroxyl groups is 1. The maximum atomic E-state index is 11.8. The highest BCUT2D eigenvalue weighted by Crippen LogP contribution is 2.07. The molecule has 0 radical (unpaired) electrons. The van der Waals surface area contributed by atoms with Gasteiger partial charge in [0.25, 0.3) is 5.91 Å². The zero-order valence-corrected chi connectivity index (χ0v) is 12.4. The van der Waals surface area contributed by atoms with Crippen molar-refractivity contribution in [3.8, 4) is 5.75 Å². The average Bonchev–Trinajstić information content (AvgIpc) is 2.57. The molecule has 2 aromatic rings. The Kier molecular flexibility index (Phi) is 5.88. The highest BCUT2D eigenvalue weighted by atomic mass is 16.3. The SMILES string of the molecule is O=C(CCNC(=O)c1ccccc1)N/N=C\c1ccc(O)cc1. The number of nitrogens with one attached hydrogen (secondary N) is 2. The molecule has 2 rings (SSSR count). The van der Waals surface area contributed by atoms with E-state index >= 15 is 0 Å². The molecule has 0 aliphatic heterocycles. The van der Waals surface area contributed by atoms with E-state index in [0.29, 0.717) is 5.56 Å². The Hall–Kier alpha value is -3.15. The van der Waals surface area contributed by atoms with Crippen LogP contribution < -0.4 is 10.7 Å². The van der Waals surface area contributed by atoms with Crippen molar-refractivity contribution in [2.24, 2.45) is 5.10 Å². The molecule has 0 atom stereocenters. The van der Waals surface area contributed by atoms with Crippen molar-refractivity contribution in [2.45, 2.75) is 6.42 Å². The summed E-state index contributed by atoms with van der Waals surface area (Å²) < 4.78 is 0. The summed E-state index contributed by atoms with van der Waals surface area (Å²) in [6, 6.07) is 15.2. The van der Waals surface area contributed by atoms with Crippen molar-refractivity contribution in [3.63, 3.8) is 0 Å². The molecule has 0 heterocycles. The van der Waals surface area contributed by atoms with Crippen LogP contribution >= 0.6 is 0 Å². The number of amides is 2. The van der Waals surface area contributed by atoms with Crippen LogP contribution in [0.5, 0.6) is 5.75 Å². The largest absolute Gasteiger partial charge is 0.508 e. The summed E-state index contributed by atoms with van der Waals surface area (Å²) in [4.78, 5) is 23.3. The zero-order chi connectivity index (χ0) is 16.5. The van der Waals surface area contributed by atoms with Crippen LogP contribution in [0.15, 0.2) is 59.7 Å². The van der Waals surface area contributed by atoms with Gasteiger partial charge in [-0.15, -0.1) is 0 Å². The molecule has 0 unspecified atom stereocenters. The first-order valence-corrected chi connectivity index (χ1v) is 7.09. The van der Waals surface area contributed by atoms with E-state index in [4.69, 9.17) is 5.11 Å². The van der Waals surface area contributed by atoms with Gasteiger partial charge in [-0.1, -0.05) is 18.2 Å². The Balaban J connectivity index is 1.69. The standard InChI is InChI=1S/C17H17N3O3/c21-15-8-6-13(7-9-15)12-19-20-16(22)10-11-18-17(23)14-4-2-1-3-5-14/h1-9,12,21H,10-11H2,(H,18,23)(H,20,22)/b19-12-. The lowest BCUT2D eigenvalue weighted by Crippen LogP contribution is -2.28. The number of phenols is 1. The predicted molar refractivity (Wildman–Crippen MR) is 87.2 cm³/mol. The molecule has 6 heteroatoms. The molecule has 0 spiro atoms. The van der Waals surface area contributed by atoms with Crippen molar-refractivity contribution in [1.29, 1.82) is 0 Å². The Morgan fingerprint density at radius 3 is 2.43 bits per heavy atom.